The van der Waals surface area contributed by atoms with Crippen LogP contribution < -0.4 is 0 Å². The van der Waals surface area contributed by atoms with Gasteiger partial charge in [-0.1, -0.05) is 44.5 Å². The van der Waals surface area contributed by atoms with Crippen molar-refractivity contribution in [3.05, 3.63) is 35.4 Å². The van der Waals surface area contributed by atoms with Gasteiger partial charge in [0, 0.05) is 5.56 Å². The maximum atomic E-state index is 11.9. The van der Waals surface area contributed by atoms with Crippen molar-refractivity contribution in [3.63, 3.8) is 0 Å². The lowest BCUT2D eigenvalue weighted by Gasteiger charge is -2.25. The lowest BCUT2D eigenvalue weighted by Crippen LogP contribution is -2.26. The Bertz CT molecular complexity index is 388. The monoisotopic (exact) mass is 232 g/mol. The van der Waals surface area contributed by atoms with Crippen LogP contribution in [0.2, 0.25) is 0 Å². The van der Waals surface area contributed by atoms with Gasteiger partial charge >= 0.3 is 0 Å². The molecular weight excluding hydrogens is 212 g/mol. The Kier molecular flexibility index (Phi) is 3.63. The van der Waals surface area contributed by atoms with Crippen LogP contribution in [0, 0.1) is 5.92 Å². The number of aliphatic hydroxyl groups excluding tert-OH is 1. The molecule has 1 aromatic carbocycles. The molecule has 1 fully saturated rings. The van der Waals surface area contributed by atoms with E-state index in [4.69, 9.17) is 0 Å². The summed E-state index contributed by atoms with van der Waals surface area (Å²) >= 11 is 0. The average Bonchev–Trinajstić information content (AvgIpc) is 2.25. The molecule has 17 heavy (non-hydrogen) atoms. The summed E-state index contributed by atoms with van der Waals surface area (Å²) in [6, 6.07) is 7.76. The number of rotatable bonds is 4. The van der Waals surface area contributed by atoms with Gasteiger partial charge in [-0.15, -0.1) is 0 Å². The molecule has 0 aliphatic heterocycles. The zero-order valence-corrected chi connectivity index (χ0v) is 10.5. The number of aliphatic hydroxyl groups is 1. The number of benzene rings is 1. The van der Waals surface area contributed by atoms with Crippen molar-refractivity contribution >= 4 is 5.78 Å². The Morgan fingerprint density at radius 2 is 1.82 bits per heavy atom. The topological polar surface area (TPSA) is 37.3 Å². The molecule has 0 bridgehead atoms. The van der Waals surface area contributed by atoms with Crippen LogP contribution >= 0.6 is 0 Å². The van der Waals surface area contributed by atoms with E-state index in [2.05, 4.69) is 0 Å². The number of carbonyl (C=O) groups is 1. The SMILES string of the molecule is CC(C)C(O)C(=O)c1ccc(C2CCC2)cc1. The standard InChI is InChI=1S/C15H20O2/c1-10(2)14(16)15(17)13-8-6-12(7-9-13)11-4-3-5-11/h6-11,14,16H,3-5H2,1-2H3. The minimum Gasteiger partial charge on any atom is -0.385 e. The second-order valence-corrected chi connectivity index (χ2v) is 5.30. The van der Waals surface area contributed by atoms with Gasteiger partial charge in [0.1, 0.15) is 6.10 Å². The molecule has 2 nitrogen and oxygen atoms in total. The highest BCUT2D eigenvalue weighted by Crippen LogP contribution is 2.36. The van der Waals surface area contributed by atoms with Crippen LogP contribution in [0.3, 0.4) is 0 Å². The van der Waals surface area contributed by atoms with Gasteiger partial charge in [0.05, 0.1) is 0 Å². The number of hydrogen-bond donors (Lipinski definition) is 1. The van der Waals surface area contributed by atoms with Crippen LogP contribution in [-0.2, 0) is 0 Å². The predicted molar refractivity (Wildman–Crippen MR) is 68.2 cm³/mol. The summed E-state index contributed by atoms with van der Waals surface area (Å²) < 4.78 is 0. The van der Waals surface area contributed by atoms with Crippen molar-refractivity contribution in [1.82, 2.24) is 0 Å². The van der Waals surface area contributed by atoms with E-state index >= 15 is 0 Å². The lowest BCUT2D eigenvalue weighted by molar-refractivity contribution is 0.0648. The molecule has 0 heterocycles. The van der Waals surface area contributed by atoms with Gasteiger partial charge in [0.2, 0.25) is 0 Å². The highest BCUT2D eigenvalue weighted by atomic mass is 16.3. The third kappa shape index (κ3) is 2.58. The fourth-order valence-corrected chi connectivity index (χ4v) is 2.13. The first-order valence-corrected chi connectivity index (χ1v) is 6.42. The number of ketones is 1. The molecule has 1 N–H and O–H groups in total. The first-order valence-electron chi connectivity index (χ1n) is 6.42. The molecule has 1 aliphatic rings. The first kappa shape index (κ1) is 12.3. The second-order valence-electron chi connectivity index (χ2n) is 5.30. The van der Waals surface area contributed by atoms with Gasteiger partial charge in [0.25, 0.3) is 0 Å². The van der Waals surface area contributed by atoms with Crippen molar-refractivity contribution < 1.29 is 9.90 Å². The maximum absolute atomic E-state index is 11.9. The molecule has 0 radical (unpaired) electrons. The van der Waals surface area contributed by atoms with E-state index in [9.17, 15) is 9.90 Å². The maximum Gasteiger partial charge on any atom is 0.191 e. The third-order valence-corrected chi connectivity index (χ3v) is 3.67. The van der Waals surface area contributed by atoms with E-state index in [1.807, 2.05) is 38.1 Å². The molecule has 0 amide bonds. The van der Waals surface area contributed by atoms with Gasteiger partial charge < -0.3 is 5.11 Å². The molecule has 1 saturated carbocycles. The van der Waals surface area contributed by atoms with Crippen LogP contribution in [0.4, 0.5) is 0 Å². The van der Waals surface area contributed by atoms with Crippen molar-refractivity contribution in [2.75, 3.05) is 0 Å². The zero-order chi connectivity index (χ0) is 12.4. The van der Waals surface area contributed by atoms with Crippen molar-refractivity contribution in [3.8, 4) is 0 Å². The fourth-order valence-electron chi connectivity index (χ4n) is 2.13. The average molecular weight is 232 g/mol. The van der Waals surface area contributed by atoms with Crippen LogP contribution in [0.15, 0.2) is 24.3 Å². The number of hydrogen-bond acceptors (Lipinski definition) is 2. The molecule has 0 aromatic heterocycles. The van der Waals surface area contributed by atoms with E-state index in [0.29, 0.717) is 11.5 Å². The van der Waals surface area contributed by atoms with Gasteiger partial charge in [0.15, 0.2) is 5.78 Å². The van der Waals surface area contributed by atoms with Crippen molar-refractivity contribution in [2.24, 2.45) is 5.92 Å². The Hall–Kier alpha value is -1.15. The van der Waals surface area contributed by atoms with Gasteiger partial charge in [-0.2, -0.15) is 0 Å². The Labute approximate surface area is 103 Å². The zero-order valence-electron chi connectivity index (χ0n) is 10.5. The van der Waals surface area contributed by atoms with E-state index in [0.717, 1.165) is 0 Å². The summed E-state index contributed by atoms with van der Waals surface area (Å²) in [7, 11) is 0. The molecule has 2 rings (SSSR count). The summed E-state index contributed by atoms with van der Waals surface area (Å²) in [5, 5.41) is 9.73. The van der Waals surface area contributed by atoms with Crippen molar-refractivity contribution in [2.45, 2.75) is 45.1 Å². The largest absolute Gasteiger partial charge is 0.385 e. The molecule has 1 atom stereocenters. The van der Waals surface area contributed by atoms with Gasteiger partial charge in [-0.3, -0.25) is 4.79 Å². The molecule has 92 valence electrons. The summed E-state index contributed by atoms with van der Waals surface area (Å²) in [6.07, 6.45) is 2.96. The Balaban J connectivity index is 2.09. The van der Waals surface area contributed by atoms with Gasteiger partial charge in [-0.05, 0) is 30.2 Å². The molecule has 1 aliphatic carbocycles. The highest BCUT2D eigenvalue weighted by Gasteiger charge is 2.22. The smallest absolute Gasteiger partial charge is 0.191 e. The van der Waals surface area contributed by atoms with Crippen LogP contribution in [0.5, 0.6) is 0 Å². The van der Waals surface area contributed by atoms with E-state index in [1.54, 1.807) is 0 Å². The highest BCUT2D eigenvalue weighted by molar-refractivity contribution is 5.99. The Morgan fingerprint density at radius 1 is 1.24 bits per heavy atom. The molecule has 0 saturated heterocycles. The fraction of sp³-hybridized carbons (Fsp3) is 0.533. The minimum atomic E-state index is -0.885. The minimum absolute atomic E-state index is 0.0335. The summed E-state index contributed by atoms with van der Waals surface area (Å²) in [5.41, 5.74) is 1.95. The van der Waals surface area contributed by atoms with Crippen LogP contribution in [0.25, 0.3) is 0 Å². The van der Waals surface area contributed by atoms with Crippen molar-refractivity contribution in [1.29, 1.82) is 0 Å². The molecule has 1 unspecified atom stereocenters. The first-order chi connectivity index (χ1) is 8.09. The second kappa shape index (κ2) is 5.01. The van der Waals surface area contributed by atoms with Gasteiger partial charge in [-0.25, -0.2) is 0 Å². The van der Waals surface area contributed by atoms with E-state index < -0.39 is 6.10 Å². The summed E-state index contributed by atoms with van der Waals surface area (Å²) in [6.45, 7) is 3.70. The number of Topliss-reactive ketones (excluding diaryl/α,β-unsaturated/α-hetero) is 1. The predicted octanol–water partition coefficient (Wildman–Crippen LogP) is 3.15. The molecular formula is C15H20O2. The van der Waals surface area contributed by atoms with Crippen LogP contribution in [0.1, 0.15) is 54.9 Å². The lowest BCUT2D eigenvalue weighted by atomic mass is 9.80. The van der Waals surface area contributed by atoms with E-state index in [1.165, 1.54) is 24.8 Å². The normalized spacial score (nSPS) is 17.9. The molecule has 2 heteroatoms. The summed E-state index contributed by atoms with van der Waals surface area (Å²) in [4.78, 5) is 11.9. The quantitative estimate of drug-likeness (QED) is 0.810. The summed E-state index contributed by atoms with van der Waals surface area (Å²) in [5.74, 6) is 0.489. The number of carbonyl (C=O) groups excluding carboxylic acids is 1. The Morgan fingerprint density at radius 3 is 2.24 bits per heavy atom. The van der Waals surface area contributed by atoms with Crippen LogP contribution in [-0.4, -0.2) is 17.0 Å². The molecule has 1 aromatic rings. The van der Waals surface area contributed by atoms with E-state index in [-0.39, 0.29) is 11.7 Å². The molecule has 0 spiro atoms. The third-order valence-electron chi connectivity index (χ3n) is 3.67.